The molecule has 0 spiro atoms. The van der Waals surface area contributed by atoms with Crippen LogP contribution in [0.2, 0.25) is 0 Å². The number of rotatable bonds is 9. The molecule has 0 rings (SSSR count). The summed E-state index contributed by atoms with van der Waals surface area (Å²) in [5, 5.41) is 0. The van der Waals surface area contributed by atoms with Gasteiger partial charge in [0.15, 0.2) is 0 Å². The zero-order chi connectivity index (χ0) is 19.6. The van der Waals surface area contributed by atoms with Crippen LogP contribution in [0.15, 0.2) is 37.5 Å². The van der Waals surface area contributed by atoms with E-state index in [-0.39, 0.29) is 36.3 Å². The fourth-order valence-electron chi connectivity index (χ4n) is 1.63. The monoisotopic (exact) mass is 410 g/mol. The third kappa shape index (κ3) is 15.4. The Kier molecular flexibility index (Phi) is 18.0. The second-order valence-corrected chi connectivity index (χ2v) is 8.37. The van der Waals surface area contributed by atoms with E-state index in [1.807, 2.05) is 12.2 Å². The van der Waals surface area contributed by atoms with Crippen LogP contribution >= 0.6 is 0 Å². The minimum atomic E-state index is -0.299. The average molecular weight is 411 g/mol. The molecule has 0 atom stereocenters. The summed E-state index contributed by atoms with van der Waals surface area (Å²) < 4.78 is 6.88. The fourth-order valence-corrected chi connectivity index (χ4v) is 1.63. The van der Waals surface area contributed by atoms with Crippen molar-refractivity contribution in [2.45, 2.75) is 32.7 Å². The molecule has 0 fully saturated rings. The normalized spacial score (nSPS) is 10.9. The number of carbonyl (C=O) groups is 1. The summed E-state index contributed by atoms with van der Waals surface area (Å²) in [7, 11) is 10.7. The van der Waals surface area contributed by atoms with Gasteiger partial charge in [0.2, 0.25) is 0 Å². The predicted molar refractivity (Wildman–Crippen MR) is 105 cm³/mol. The van der Waals surface area contributed by atoms with Crippen LogP contribution in [0.4, 0.5) is 0 Å². The number of likely N-dealkylation sites (N-methyl/N-ethyl adjacent to an activating group) is 1. The van der Waals surface area contributed by atoms with E-state index in [0.29, 0.717) is 12.2 Å². The van der Waals surface area contributed by atoms with Crippen molar-refractivity contribution < 1.29 is 43.3 Å². The first-order chi connectivity index (χ1) is 10.7. The molecule has 0 aliphatic heterocycles. The van der Waals surface area contributed by atoms with Gasteiger partial charge in [0.05, 0.1) is 60.5 Å². The molecule has 0 aliphatic carbocycles. The Morgan fingerprint density at radius 3 is 1.65 bits per heavy atom. The molecular formula is C20H40Cl2N2O2. The number of halogens is 2. The summed E-state index contributed by atoms with van der Waals surface area (Å²) in [6.07, 6.45) is 4.71. The van der Waals surface area contributed by atoms with Gasteiger partial charge >= 0.3 is 5.97 Å². The third-order valence-corrected chi connectivity index (χ3v) is 4.36. The van der Waals surface area contributed by atoms with Gasteiger partial charge in [0.1, 0.15) is 0 Å². The van der Waals surface area contributed by atoms with Crippen molar-refractivity contribution >= 4 is 5.97 Å². The number of hydrogen-bond acceptors (Lipinski definition) is 2. The quantitative estimate of drug-likeness (QED) is 0.180. The zero-order valence-corrected chi connectivity index (χ0v) is 19.6. The van der Waals surface area contributed by atoms with Gasteiger partial charge in [-0.3, -0.25) is 0 Å². The Morgan fingerprint density at radius 2 is 1.38 bits per heavy atom. The highest BCUT2D eigenvalue weighted by atomic mass is 35.5. The lowest BCUT2D eigenvalue weighted by Crippen LogP contribution is -3.00. The van der Waals surface area contributed by atoms with Gasteiger partial charge in [-0.15, -0.1) is 0 Å². The number of carbonyl (C=O) groups excluding carboxylic acids is 1. The summed E-state index contributed by atoms with van der Waals surface area (Å²) in [5.41, 5.74) is 0.549. The highest BCUT2D eigenvalue weighted by molar-refractivity contribution is 5.86. The molecule has 26 heavy (non-hydrogen) atoms. The van der Waals surface area contributed by atoms with E-state index in [9.17, 15) is 4.79 Å². The van der Waals surface area contributed by atoms with E-state index >= 15 is 0 Å². The van der Waals surface area contributed by atoms with Gasteiger partial charge in [0, 0.05) is 12.0 Å². The molecule has 0 saturated heterocycles. The van der Waals surface area contributed by atoms with E-state index in [0.717, 1.165) is 28.5 Å². The molecule has 0 N–H and O–H groups in total. The molecule has 0 heterocycles. The average Bonchev–Trinajstić information content (AvgIpc) is 2.37. The van der Waals surface area contributed by atoms with Gasteiger partial charge in [0.25, 0.3) is 0 Å². The molecule has 0 aromatic heterocycles. The zero-order valence-electron chi connectivity index (χ0n) is 18.1. The van der Waals surface area contributed by atoms with E-state index in [1.54, 1.807) is 6.92 Å². The highest BCUT2D eigenvalue weighted by Crippen LogP contribution is 2.21. The number of quaternary nitrogens is 2. The molecule has 0 bridgehead atoms. The summed E-state index contributed by atoms with van der Waals surface area (Å²) >= 11 is 0. The molecule has 6 heteroatoms. The topological polar surface area (TPSA) is 26.3 Å². The Morgan fingerprint density at radius 1 is 1.00 bits per heavy atom. The molecule has 0 unspecified atom stereocenters. The van der Waals surface area contributed by atoms with Gasteiger partial charge in [-0.1, -0.05) is 19.7 Å². The Hall–Kier alpha value is -0.810. The van der Waals surface area contributed by atoms with Crippen LogP contribution in [0.25, 0.3) is 0 Å². The van der Waals surface area contributed by atoms with E-state index in [1.165, 1.54) is 0 Å². The Bertz CT molecular complexity index is 428. The smallest absolute Gasteiger partial charge is 0.333 e. The number of ether oxygens (including phenoxy) is 1. The van der Waals surface area contributed by atoms with Crippen molar-refractivity contribution in [3.05, 3.63) is 37.5 Å². The van der Waals surface area contributed by atoms with Crippen LogP contribution in [-0.2, 0) is 9.53 Å². The largest absolute Gasteiger partial charge is 1.00 e. The van der Waals surface area contributed by atoms with Crippen LogP contribution in [0, 0.1) is 0 Å². The SMILES string of the molecule is C=C(C)C(=O)OCCC(C)(C)[N+](C)(C)C.C=CC[N+](C)(C)CC=C.[Cl-].[Cl-]. The van der Waals surface area contributed by atoms with Crippen molar-refractivity contribution in [1.82, 2.24) is 0 Å². The van der Waals surface area contributed by atoms with E-state index in [4.69, 9.17) is 4.74 Å². The molecule has 0 aliphatic rings. The fraction of sp³-hybridized carbons (Fsp3) is 0.650. The standard InChI is InChI=1S/C12H24NO2.C8H16N.2ClH/c1-10(2)11(14)15-9-8-12(3,4)13(5,6)7;1-5-7-9(3,4)8-6-2;;/h1,8-9H2,2-7H3;5-6H,1-2,7-8H2,3-4H3;2*1H/q2*+1;;/p-2. The minimum Gasteiger partial charge on any atom is -1.00 e. The van der Waals surface area contributed by atoms with Crippen LogP contribution < -0.4 is 24.8 Å². The van der Waals surface area contributed by atoms with Crippen LogP contribution in [-0.4, -0.2) is 75.4 Å². The van der Waals surface area contributed by atoms with Crippen molar-refractivity contribution in [3.8, 4) is 0 Å². The Labute approximate surface area is 174 Å². The van der Waals surface area contributed by atoms with Crippen molar-refractivity contribution in [1.29, 1.82) is 0 Å². The maximum absolute atomic E-state index is 11.2. The van der Waals surface area contributed by atoms with Crippen LogP contribution in [0.1, 0.15) is 27.2 Å². The lowest BCUT2D eigenvalue weighted by molar-refractivity contribution is -0.920. The summed E-state index contributed by atoms with van der Waals surface area (Å²) in [5.74, 6) is -0.299. The predicted octanol–water partition coefficient (Wildman–Crippen LogP) is -2.58. The molecule has 0 aromatic carbocycles. The number of nitrogens with zero attached hydrogens (tertiary/aromatic N) is 2. The van der Waals surface area contributed by atoms with Crippen molar-refractivity contribution in [2.24, 2.45) is 0 Å². The molecule has 0 aromatic rings. The molecular weight excluding hydrogens is 371 g/mol. The summed E-state index contributed by atoms with van der Waals surface area (Å²) in [4.78, 5) is 11.2. The van der Waals surface area contributed by atoms with Crippen molar-refractivity contribution in [2.75, 3.05) is 54.9 Å². The number of esters is 1. The maximum Gasteiger partial charge on any atom is 0.333 e. The molecule has 0 radical (unpaired) electrons. The molecule has 4 nitrogen and oxygen atoms in total. The molecule has 0 amide bonds. The Balaban J connectivity index is -0.000000192. The van der Waals surface area contributed by atoms with Gasteiger partial charge < -0.3 is 38.5 Å². The van der Waals surface area contributed by atoms with Crippen molar-refractivity contribution in [3.63, 3.8) is 0 Å². The molecule has 156 valence electrons. The second kappa shape index (κ2) is 14.3. The minimum absolute atomic E-state index is 0. The lowest BCUT2D eigenvalue weighted by Gasteiger charge is -2.41. The van der Waals surface area contributed by atoms with E-state index in [2.05, 4.69) is 68.8 Å². The summed E-state index contributed by atoms with van der Waals surface area (Å²) in [6.45, 7) is 19.4. The first-order valence-corrected chi connectivity index (χ1v) is 8.38. The summed E-state index contributed by atoms with van der Waals surface area (Å²) in [6, 6.07) is 0. The van der Waals surface area contributed by atoms with Gasteiger partial charge in [-0.2, -0.15) is 0 Å². The lowest BCUT2D eigenvalue weighted by atomic mass is 9.97. The number of hydrogen-bond donors (Lipinski definition) is 0. The first-order valence-electron chi connectivity index (χ1n) is 8.38. The van der Waals surface area contributed by atoms with Gasteiger partial charge in [-0.25, -0.2) is 4.79 Å². The second-order valence-electron chi connectivity index (χ2n) is 8.37. The van der Waals surface area contributed by atoms with E-state index < -0.39 is 0 Å². The van der Waals surface area contributed by atoms with Crippen LogP contribution in [0.3, 0.4) is 0 Å². The first kappa shape index (κ1) is 32.8. The van der Waals surface area contributed by atoms with Crippen LogP contribution in [0.5, 0.6) is 0 Å². The molecule has 0 saturated carbocycles. The highest BCUT2D eigenvalue weighted by Gasteiger charge is 2.32. The van der Waals surface area contributed by atoms with Gasteiger partial charge in [-0.05, 0) is 32.9 Å². The third-order valence-electron chi connectivity index (χ3n) is 4.36. The maximum atomic E-state index is 11.2.